The van der Waals surface area contributed by atoms with E-state index in [0.29, 0.717) is 16.7 Å². The van der Waals surface area contributed by atoms with Crippen LogP contribution in [-0.2, 0) is 11.2 Å². The molecule has 82 valence electrons. The number of tetrazole rings is 1. The van der Waals surface area contributed by atoms with Crippen LogP contribution in [-0.4, -0.2) is 31.5 Å². The molecule has 0 aliphatic rings. The lowest BCUT2D eigenvalue weighted by atomic mass is 10.4. The van der Waals surface area contributed by atoms with Crippen LogP contribution in [0.25, 0.3) is 0 Å². The van der Waals surface area contributed by atoms with Crippen molar-refractivity contribution in [2.45, 2.75) is 6.42 Å². The summed E-state index contributed by atoms with van der Waals surface area (Å²) in [6.07, 6.45) is 1.49. The van der Waals surface area contributed by atoms with Crippen LogP contribution in [0.1, 0.15) is 5.82 Å². The van der Waals surface area contributed by atoms with Crippen LogP contribution in [0.4, 0.5) is 5.82 Å². The first-order chi connectivity index (χ1) is 7.74. The summed E-state index contributed by atoms with van der Waals surface area (Å²) in [5, 5.41) is 16.0. The molecular formula is C8H7ClN6O. The van der Waals surface area contributed by atoms with Crippen molar-refractivity contribution in [3.8, 4) is 0 Å². The van der Waals surface area contributed by atoms with E-state index in [0.717, 1.165) is 0 Å². The summed E-state index contributed by atoms with van der Waals surface area (Å²) < 4.78 is 0. The van der Waals surface area contributed by atoms with Crippen LogP contribution in [0.15, 0.2) is 18.3 Å². The van der Waals surface area contributed by atoms with Crippen LogP contribution < -0.4 is 5.32 Å². The molecule has 7 nitrogen and oxygen atoms in total. The third-order valence-electron chi connectivity index (χ3n) is 1.70. The summed E-state index contributed by atoms with van der Waals surface area (Å²) in [6, 6.07) is 3.25. The summed E-state index contributed by atoms with van der Waals surface area (Å²) in [7, 11) is 0. The van der Waals surface area contributed by atoms with Gasteiger partial charge in [0.15, 0.2) is 5.82 Å². The second-order valence-corrected chi connectivity index (χ2v) is 3.35. The monoisotopic (exact) mass is 238 g/mol. The molecular weight excluding hydrogens is 232 g/mol. The van der Waals surface area contributed by atoms with Crippen molar-refractivity contribution in [3.63, 3.8) is 0 Å². The average Bonchev–Trinajstić information content (AvgIpc) is 2.74. The van der Waals surface area contributed by atoms with Crippen LogP contribution in [0.5, 0.6) is 0 Å². The Bertz CT molecular complexity index is 468. The van der Waals surface area contributed by atoms with Gasteiger partial charge in [0.2, 0.25) is 5.91 Å². The van der Waals surface area contributed by atoms with E-state index < -0.39 is 0 Å². The van der Waals surface area contributed by atoms with Gasteiger partial charge in [-0.05, 0) is 12.1 Å². The highest BCUT2D eigenvalue weighted by Crippen LogP contribution is 2.09. The van der Waals surface area contributed by atoms with E-state index in [-0.39, 0.29) is 12.3 Å². The Morgan fingerprint density at radius 1 is 1.50 bits per heavy atom. The molecule has 2 rings (SSSR count). The van der Waals surface area contributed by atoms with Crippen molar-refractivity contribution in [1.29, 1.82) is 0 Å². The van der Waals surface area contributed by atoms with E-state index in [4.69, 9.17) is 11.6 Å². The van der Waals surface area contributed by atoms with E-state index in [1.165, 1.54) is 6.20 Å². The van der Waals surface area contributed by atoms with Crippen LogP contribution in [0.3, 0.4) is 0 Å². The predicted molar refractivity (Wildman–Crippen MR) is 55.8 cm³/mol. The minimum absolute atomic E-state index is 0.0425. The summed E-state index contributed by atoms with van der Waals surface area (Å²) in [5.41, 5.74) is 0. The van der Waals surface area contributed by atoms with E-state index in [9.17, 15) is 4.79 Å². The lowest BCUT2D eigenvalue weighted by molar-refractivity contribution is -0.115. The Hall–Kier alpha value is -2.02. The molecule has 0 spiro atoms. The summed E-state index contributed by atoms with van der Waals surface area (Å²) >= 11 is 5.66. The molecule has 0 radical (unpaired) electrons. The lowest BCUT2D eigenvalue weighted by Crippen LogP contribution is -2.16. The number of aromatic amines is 1. The minimum atomic E-state index is -0.267. The maximum absolute atomic E-state index is 11.5. The molecule has 0 unspecified atom stereocenters. The van der Waals surface area contributed by atoms with Crippen molar-refractivity contribution in [2.24, 2.45) is 0 Å². The number of nitrogens with one attached hydrogen (secondary N) is 2. The fourth-order valence-electron chi connectivity index (χ4n) is 1.04. The normalized spacial score (nSPS) is 10.1. The zero-order valence-corrected chi connectivity index (χ0v) is 8.77. The standard InChI is InChI=1S/C8H7ClN6O/c9-5-1-2-6(10-4-5)11-8(16)3-7-12-14-15-13-7/h1-2,4H,3H2,(H,10,11,16)(H,12,13,14,15). The first kappa shape index (κ1) is 10.5. The minimum Gasteiger partial charge on any atom is -0.310 e. The smallest absolute Gasteiger partial charge is 0.233 e. The molecule has 0 fully saturated rings. The van der Waals surface area contributed by atoms with Crippen molar-refractivity contribution in [3.05, 3.63) is 29.2 Å². The lowest BCUT2D eigenvalue weighted by Gasteiger charge is -2.01. The number of pyridine rings is 1. The molecule has 2 heterocycles. The number of nitrogens with zero attached hydrogens (tertiary/aromatic N) is 4. The van der Waals surface area contributed by atoms with Crippen molar-refractivity contribution in [1.82, 2.24) is 25.6 Å². The molecule has 2 N–H and O–H groups in total. The molecule has 0 saturated heterocycles. The molecule has 0 bridgehead atoms. The van der Waals surface area contributed by atoms with Gasteiger partial charge in [0, 0.05) is 6.20 Å². The van der Waals surface area contributed by atoms with Gasteiger partial charge in [-0.15, -0.1) is 10.2 Å². The summed E-state index contributed by atoms with van der Waals surface area (Å²) in [5.74, 6) is 0.487. The molecule has 2 aromatic heterocycles. The molecule has 2 aromatic rings. The number of carbonyl (C=O) groups excluding carboxylic acids is 1. The van der Waals surface area contributed by atoms with Gasteiger partial charge in [-0.2, -0.15) is 5.21 Å². The van der Waals surface area contributed by atoms with Gasteiger partial charge in [-0.25, -0.2) is 4.98 Å². The van der Waals surface area contributed by atoms with E-state index in [1.807, 2.05) is 0 Å². The number of carbonyl (C=O) groups is 1. The highest BCUT2D eigenvalue weighted by atomic mass is 35.5. The Morgan fingerprint density at radius 2 is 2.38 bits per heavy atom. The Kier molecular flexibility index (Phi) is 3.06. The zero-order valence-electron chi connectivity index (χ0n) is 8.01. The maximum Gasteiger partial charge on any atom is 0.233 e. The second-order valence-electron chi connectivity index (χ2n) is 2.91. The first-order valence-electron chi connectivity index (χ1n) is 4.38. The van der Waals surface area contributed by atoms with Gasteiger partial charge < -0.3 is 5.32 Å². The Balaban J connectivity index is 1.95. The SMILES string of the molecule is O=C(Cc1nn[nH]n1)Nc1ccc(Cl)cn1. The molecule has 0 aromatic carbocycles. The second kappa shape index (κ2) is 4.67. The number of aromatic nitrogens is 5. The van der Waals surface area contributed by atoms with Gasteiger partial charge in [-0.1, -0.05) is 16.8 Å². The molecule has 16 heavy (non-hydrogen) atoms. The fourth-order valence-corrected chi connectivity index (χ4v) is 1.15. The average molecular weight is 239 g/mol. The van der Waals surface area contributed by atoms with Crippen LogP contribution in [0, 0.1) is 0 Å². The number of H-pyrrole nitrogens is 1. The molecule has 1 amide bonds. The van der Waals surface area contributed by atoms with Crippen molar-refractivity contribution < 1.29 is 4.79 Å². The largest absolute Gasteiger partial charge is 0.310 e. The van der Waals surface area contributed by atoms with Gasteiger partial charge in [-0.3, -0.25) is 4.79 Å². The number of halogens is 1. The number of hydrogen-bond donors (Lipinski definition) is 2. The third kappa shape index (κ3) is 2.74. The van der Waals surface area contributed by atoms with Gasteiger partial charge in [0.25, 0.3) is 0 Å². The predicted octanol–water partition coefficient (Wildman–Crippen LogP) is 0.429. The summed E-state index contributed by atoms with van der Waals surface area (Å²) in [6.45, 7) is 0. The van der Waals surface area contributed by atoms with Gasteiger partial charge in [0.05, 0.1) is 11.4 Å². The highest BCUT2D eigenvalue weighted by Gasteiger charge is 2.07. The summed E-state index contributed by atoms with van der Waals surface area (Å²) in [4.78, 5) is 15.4. The van der Waals surface area contributed by atoms with Gasteiger partial charge in [0.1, 0.15) is 5.82 Å². The fraction of sp³-hybridized carbons (Fsp3) is 0.125. The topological polar surface area (TPSA) is 96.5 Å². The van der Waals surface area contributed by atoms with Gasteiger partial charge >= 0.3 is 0 Å². The van der Waals surface area contributed by atoms with E-state index >= 15 is 0 Å². The Morgan fingerprint density at radius 3 is 3.00 bits per heavy atom. The van der Waals surface area contributed by atoms with Crippen molar-refractivity contribution in [2.75, 3.05) is 5.32 Å². The van der Waals surface area contributed by atoms with E-state index in [1.54, 1.807) is 12.1 Å². The highest BCUT2D eigenvalue weighted by molar-refractivity contribution is 6.30. The van der Waals surface area contributed by atoms with Crippen LogP contribution >= 0.6 is 11.6 Å². The Labute approximate surface area is 95.2 Å². The number of rotatable bonds is 3. The molecule has 8 heteroatoms. The number of hydrogen-bond acceptors (Lipinski definition) is 5. The van der Waals surface area contributed by atoms with Crippen molar-refractivity contribution >= 4 is 23.3 Å². The third-order valence-corrected chi connectivity index (χ3v) is 1.93. The zero-order chi connectivity index (χ0) is 11.4. The quantitative estimate of drug-likeness (QED) is 0.808. The molecule has 0 aliphatic heterocycles. The number of amides is 1. The first-order valence-corrected chi connectivity index (χ1v) is 4.75. The number of anilines is 1. The molecule has 0 aliphatic carbocycles. The van der Waals surface area contributed by atoms with E-state index in [2.05, 4.69) is 30.9 Å². The van der Waals surface area contributed by atoms with Crippen LogP contribution in [0.2, 0.25) is 5.02 Å². The maximum atomic E-state index is 11.5. The molecule has 0 saturated carbocycles. The molecule has 0 atom stereocenters.